The number of aliphatic hydroxyl groups excluding tert-OH is 1. The van der Waals surface area contributed by atoms with Crippen molar-refractivity contribution in [2.75, 3.05) is 33.0 Å². The van der Waals surface area contributed by atoms with Gasteiger partial charge in [0.25, 0.3) is 5.88 Å². The Morgan fingerprint density at radius 2 is 1.91 bits per heavy atom. The summed E-state index contributed by atoms with van der Waals surface area (Å²) in [7, 11) is 0. The second-order valence-corrected chi connectivity index (χ2v) is 12.1. The number of hydrogen-bond donors (Lipinski definition) is 3. The predicted molar refractivity (Wildman–Crippen MR) is 165 cm³/mol. The molecule has 3 atom stereocenters. The van der Waals surface area contributed by atoms with Gasteiger partial charge < -0.3 is 39.8 Å². The summed E-state index contributed by atoms with van der Waals surface area (Å²) in [5.74, 6) is -0.932. The van der Waals surface area contributed by atoms with Gasteiger partial charge in [-0.3, -0.25) is 9.59 Å². The van der Waals surface area contributed by atoms with E-state index in [1.165, 1.54) is 4.90 Å². The van der Waals surface area contributed by atoms with E-state index >= 15 is 0 Å². The number of nitrogens with two attached hydrogens (primary N) is 1. The topological polar surface area (TPSA) is 179 Å². The lowest BCUT2D eigenvalue weighted by molar-refractivity contribution is -0.141. The first-order valence-electron chi connectivity index (χ1n) is 15.0. The van der Waals surface area contributed by atoms with Crippen molar-refractivity contribution in [2.45, 2.75) is 64.6 Å². The predicted octanol–water partition coefficient (Wildman–Crippen LogP) is 3.40. The first kappa shape index (κ1) is 33.9. The molecule has 0 bridgehead atoms. The summed E-state index contributed by atoms with van der Waals surface area (Å²) in [4.78, 5) is 44.5. The van der Waals surface area contributed by atoms with Crippen LogP contribution in [0.4, 0.5) is 4.79 Å². The van der Waals surface area contributed by atoms with Crippen LogP contribution in [-0.4, -0.2) is 83.2 Å². The summed E-state index contributed by atoms with van der Waals surface area (Å²) in [5.41, 5.74) is 9.67. The average molecular weight is 644 g/mol. The number of nitrogens with one attached hydrogen (secondary N) is 1. The van der Waals surface area contributed by atoms with E-state index in [9.17, 15) is 19.5 Å². The van der Waals surface area contributed by atoms with Crippen LogP contribution in [0.5, 0.6) is 5.88 Å². The number of hydrogen-bond acceptors (Lipinski definition) is 11. The second-order valence-electron chi connectivity index (χ2n) is 11.2. The highest BCUT2D eigenvalue weighted by Crippen LogP contribution is 2.32. The van der Waals surface area contributed by atoms with Crippen LogP contribution < -0.4 is 15.8 Å². The third-order valence-electron chi connectivity index (χ3n) is 7.44. The molecule has 0 aliphatic carbocycles. The number of amides is 3. The largest absolute Gasteiger partial charge is 0.476 e. The number of likely N-dealkylation sites (tertiary alicyclic amines) is 1. The minimum atomic E-state index is -0.833. The zero-order valence-corrected chi connectivity index (χ0v) is 26.6. The molecule has 1 aromatic carbocycles. The minimum Gasteiger partial charge on any atom is -0.476 e. The highest BCUT2D eigenvalue weighted by atomic mass is 32.1. The summed E-state index contributed by atoms with van der Waals surface area (Å²) in [6.07, 6.45) is -0.0947. The first-order valence-corrected chi connectivity index (χ1v) is 15.9. The maximum absolute atomic E-state index is 13.8. The summed E-state index contributed by atoms with van der Waals surface area (Å²) in [6, 6.07) is 8.70. The molecule has 1 aliphatic heterocycles. The van der Waals surface area contributed by atoms with Gasteiger partial charge in [0, 0.05) is 32.2 Å². The highest BCUT2D eigenvalue weighted by molar-refractivity contribution is 7.13. The maximum atomic E-state index is 13.8. The lowest BCUT2D eigenvalue weighted by atomic mass is 9.91. The van der Waals surface area contributed by atoms with E-state index in [4.69, 9.17) is 19.7 Å². The fraction of sp³-hybridized carbons (Fsp3) is 0.516. The normalized spacial score (nSPS) is 17.0. The number of carbonyl (C=O) groups excluding carboxylic acids is 3. The zero-order valence-electron chi connectivity index (χ0n) is 25.8. The van der Waals surface area contributed by atoms with E-state index < -0.39 is 24.2 Å². The Hall–Kier alpha value is -4.01. The molecule has 1 saturated heterocycles. The molecule has 1 aliphatic rings. The van der Waals surface area contributed by atoms with Gasteiger partial charge in [-0.05, 0) is 42.0 Å². The van der Waals surface area contributed by atoms with Gasteiger partial charge in [-0.2, -0.15) is 0 Å². The molecule has 3 aromatic rings. The Morgan fingerprint density at radius 3 is 2.60 bits per heavy atom. The summed E-state index contributed by atoms with van der Waals surface area (Å²) >= 11 is 1.58. The standard InChI is InChI=1S/C31H41N5O8S/c1-19(2)27(25-15-26(35-44-25)42-11-5-4-10-41-12-13-43-31(32)40)30(39)36-17-23(37)14-24(36)29(38)33-16-21-6-8-22(9-7-21)28-20(3)34-18-45-28/h6-9,15,18-19,23-24,27,37H,4-5,10-14,16-17H2,1-3H3,(H2,32,40)(H,33,38)/t23-,24+,27?/m1/s1. The molecular formula is C31H41N5O8S. The molecule has 3 heterocycles. The molecule has 0 spiro atoms. The highest BCUT2D eigenvalue weighted by Gasteiger charge is 2.43. The maximum Gasteiger partial charge on any atom is 0.404 e. The molecule has 3 amide bonds. The van der Waals surface area contributed by atoms with Crippen LogP contribution in [0, 0.1) is 12.8 Å². The Morgan fingerprint density at radius 1 is 1.16 bits per heavy atom. The molecule has 14 heteroatoms. The number of aliphatic hydroxyl groups is 1. The number of aromatic nitrogens is 2. The Balaban J connectivity index is 1.28. The van der Waals surface area contributed by atoms with Crippen molar-refractivity contribution in [3.8, 4) is 16.3 Å². The monoisotopic (exact) mass is 643 g/mol. The summed E-state index contributed by atoms with van der Waals surface area (Å²) in [5, 5.41) is 17.4. The molecule has 45 heavy (non-hydrogen) atoms. The molecule has 0 radical (unpaired) electrons. The Labute approximate surface area is 266 Å². The number of β-amino-alcohol motifs (C(OH)–C–C–N with tert-alkyl or cyclic N) is 1. The van der Waals surface area contributed by atoms with Crippen LogP contribution in [0.25, 0.3) is 10.4 Å². The second kappa shape index (κ2) is 16.3. The fourth-order valence-corrected chi connectivity index (χ4v) is 5.96. The van der Waals surface area contributed by atoms with Gasteiger partial charge in [0.1, 0.15) is 18.6 Å². The first-order chi connectivity index (χ1) is 21.6. The number of aryl methyl sites for hydroxylation is 1. The van der Waals surface area contributed by atoms with Crippen LogP contribution in [0.1, 0.15) is 56.0 Å². The Bertz CT molecular complexity index is 1410. The van der Waals surface area contributed by atoms with Crippen LogP contribution in [0.2, 0.25) is 0 Å². The van der Waals surface area contributed by atoms with E-state index in [2.05, 4.69) is 20.2 Å². The van der Waals surface area contributed by atoms with Crippen LogP contribution in [0.3, 0.4) is 0 Å². The third-order valence-corrected chi connectivity index (χ3v) is 8.42. The quantitative estimate of drug-likeness (QED) is 0.196. The number of thiazole rings is 1. The van der Waals surface area contributed by atoms with E-state index in [0.717, 1.165) is 21.7 Å². The van der Waals surface area contributed by atoms with Crippen molar-refractivity contribution < 1.29 is 38.2 Å². The van der Waals surface area contributed by atoms with Gasteiger partial charge in [0.15, 0.2) is 5.76 Å². The van der Waals surface area contributed by atoms with Crippen molar-refractivity contribution in [3.63, 3.8) is 0 Å². The number of nitrogens with zero attached hydrogens (tertiary/aromatic N) is 3. The van der Waals surface area contributed by atoms with Crippen molar-refractivity contribution in [1.82, 2.24) is 20.4 Å². The van der Waals surface area contributed by atoms with Gasteiger partial charge in [0.2, 0.25) is 11.8 Å². The lowest BCUT2D eigenvalue weighted by Crippen LogP contribution is -2.48. The SMILES string of the molecule is Cc1ncsc1-c1ccc(CNC(=O)[C@@H]2C[C@@H](O)CN2C(=O)C(c2cc(OCCCCOCCOC(N)=O)no2)C(C)C)cc1. The molecule has 1 unspecified atom stereocenters. The molecule has 1 fully saturated rings. The van der Waals surface area contributed by atoms with Crippen molar-refractivity contribution >= 4 is 29.2 Å². The summed E-state index contributed by atoms with van der Waals surface area (Å²) < 4.78 is 21.1. The zero-order chi connectivity index (χ0) is 32.3. The molecule has 2 aromatic heterocycles. The number of ether oxygens (including phenoxy) is 3. The van der Waals surface area contributed by atoms with Crippen LogP contribution in [0.15, 0.2) is 40.4 Å². The van der Waals surface area contributed by atoms with E-state index in [0.29, 0.717) is 38.4 Å². The van der Waals surface area contributed by atoms with Gasteiger partial charge in [0.05, 0.1) is 35.4 Å². The molecular weight excluding hydrogens is 602 g/mol. The van der Waals surface area contributed by atoms with Gasteiger partial charge >= 0.3 is 6.09 Å². The van der Waals surface area contributed by atoms with Crippen LogP contribution >= 0.6 is 11.3 Å². The lowest BCUT2D eigenvalue weighted by Gasteiger charge is -2.28. The smallest absolute Gasteiger partial charge is 0.404 e. The minimum absolute atomic E-state index is 0.0528. The molecule has 244 valence electrons. The number of primary amides is 1. The average Bonchev–Trinajstić information content (AvgIpc) is 3.75. The van der Waals surface area contributed by atoms with Gasteiger partial charge in [-0.1, -0.05) is 38.1 Å². The van der Waals surface area contributed by atoms with Gasteiger partial charge in [-0.15, -0.1) is 11.3 Å². The van der Waals surface area contributed by atoms with E-state index in [1.807, 2.05) is 50.5 Å². The molecule has 4 N–H and O–H groups in total. The number of rotatable bonds is 16. The van der Waals surface area contributed by atoms with Crippen LogP contribution in [-0.2, 0) is 25.6 Å². The van der Waals surface area contributed by atoms with E-state index in [-0.39, 0.29) is 49.8 Å². The molecule has 13 nitrogen and oxygen atoms in total. The van der Waals surface area contributed by atoms with Crippen molar-refractivity contribution in [3.05, 3.63) is 52.9 Å². The number of benzene rings is 1. The molecule has 4 rings (SSSR count). The van der Waals surface area contributed by atoms with E-state index in [1.54, 1.807) is 17.4 Å². The summed E-state index contributed by atoms with van der Waals surface area (Å²) in [6.45, 7) is 7.29. The molecule has 0 saturated carbocycles. The number of carbonyl (C=O) groups is 3. The fourth-order valence-electron chi connectivity index (χ4n) is 5.15. The Kier molecular flexibility index (Phi) is 12.3. The van der Waals surface area contributed by atoms with Gasteiger partial charge in [-0.25, -0.2) is 9.78 Å². The van der Waals surface area contributed by atoms with Crippen molar-refractivity contribution in [1.29, 1.82) is 0 Å². The number of unbranched alkanes of at least 4 members (excludes halogenated alkanes) is 1. The third kappa shape index (κ3) is 9.49. The van der Waals surface area contributed by atoms with Crippen molar-refractivity contribution in [2.24, 2.45) is 11.7 Å².